The quantitative estimate of drug-likeness (QED) is 0.760. The molecular formula is C17H26FNO. The van der Waals surface area contributed by atoms with E-state index in [0.29, 0.717) is 11.7 Å². The predicted molar refractivity (Wildman–Crippen MR) is 80.7 cm³/mol. The molecular weight excluding hydrogens is 253 g/mol. The molecule has 0 aromatic heterocycles. The molecule has 3 heteroatoms. The monoisotopic (exact) mass is 279 g/mol. The number of hydrogen-bond donors (Lipinski definition) is 1. The fraction of sp³-hybridized carbons (Fsp3) is 0.647. The third-order valence-corrected chi connectivity index (χ3v) is 3.99. The van der Waals surface area contributed by atoms with Crippen molar-refractivity contribution in [3.63, 3.8) is 0 Å². The average molecular weight is 279 g/mol. The number of hydrogen-bond acceptors (Lipinski definition) is 2. The molecule has 2 nitrogen and oxygen atoms in total. The molecule has 1 aromatic carbocycles. The van der Waals surface area contributed by atoms with Crippen molar-refractivity contribution >= 4 is 0 Å². The first-order valence-electron chi connectivity index (χ1n) is 7.67. The molecule has 0 radical (unpaired) electrons. The molecule has 1 aromatic rings. The third-order valence-electron chi connectivity index (χ3n) is 3.99. The highest BCUT2D eigenvalue weighted by Crippen LogP contribution is 2.40. The summed E-state index contributed by atoms with van der Waals surface area (Å²) in [6.07, 6.45) is 4.19. The smallest absolute Gasteiger partial charge is 0.165 e. The zero-order valence-corrected chi connectivity index (χ0v) is 12.8. The number of nitrogens with one attached hydrogen (secondary N) is 1. The number of benzene rings is 1. The first-order valence-corrected chi connectivity index (χ1v) is 7.67. The molecule has 0 unspecified atom stereocenters. The topological polar surface area (TPSA) is 21.3 Å². The van der Waals surface area contributed by atoms with Gasteiger partial charge in [-0.2, -0.15) is 0 Å². The van der Waals surface area contributed by atoms with E-state index in [9.17, 15) is 4.39 Å². The number of aryl methyl sites for hydroxylation is 1. The molecule has 1 fully saturated rings. The summed E-state index contributed by atoms with van der Waals surface area (Å²) in [7, 11) is 0. The van der Waals surface area contributed by atoms with Gasteiger partial charge in [0.05, 0.1) is 0 Å². The van der Waals surface area contributed by atoms with Crippen LogP contribution >= 0.6 is 0 Å². The normalized spacial score (nSPS) is 17.1. The lowest BCUT2D eigenvalue weighted by atomic mass is 9.77. The van der Waals surface area contributed by atoms with Crippen molar-refractivity contribution in [1.82, 2.24) is 5.32 Å². The van der Waals surface area contributed by atoms with Crippen molar-refractivity contribution in [2.24, 2.45) is 5.92 Å². The highest BCUT2D eigenvalue weighted by atomic mass is 19.1. The zero-order valence-electron chi connectivity index (χ0n) is 12.8. The lowest BCUT2D eigenvalue weighted by Crippen LogP contribution is -2.45. The van der Waals surface area contributed by atoms with Gasteiger partial charge in [-0.1, -0.05) is 19.9 Å². The summed E-state index contributed by atoms with van der Waals surface area (Å²) in [6, 6.07) is 5.07. The van der Waals surface area contributed by atoms with Gasteiger partial charge in [0.2, 0.25) is 0 Å². The van der Waals surface area contributed by atoms with Crippen LogP contribution in [0, 0.1) is 18.7 Å². The Labute approximate surface area is 121 Å². The molecule has 1 aliphatic rings. The van der Waals surface area contributed by atoms with E-state index in [1.807, 2.05) is 6.92 Å². The van der Waals surface area contributed by atoms with E-state index in [1.54, 1.807) is 12.1 Å². The summed E-state index contributed by atoms with van der Waals surface area (Å²) in [5.41, 5.74) is 0.882. The minimum Gasteiger partial charge on any atom is -0.484 e. The summed E-state index contributed by atoms with van der Waals surface area (Å²) < 4.78 is 19.9. The van der Waals surface area contributed by atoms with Gasteiger partial charge in [0.15, 0.2) is 11.6 Å². The van der Waals surface area contributed by atoms with Crippen LogP contribution in [0.15, 0.2) is 18.2 Å². The molecule has 112 valence electrons. The second-order valence-corrected chi connectivity index (χ2v) is 6.42. The van der Waals surface area contributed by atoms with Gasteiger partial charge in [0.1, 0.15) is 5.60 Å². The molecule has 20 heavy (non-hydrogen) atoms. The molecule has 0 atom stereocenters. The zero-order chi connectivity index (χ0) is 14.6. The Morgan fingerprint density at radius 3 is 2.70 bits per heavy atom. The summed E-state index contributed by atoms with van der Waals surface area (Å²) in [4.78, 5) is 0. The van der Waals surface area contributed by atoms with Crippen LogP contribution < -0.4 is 10.1 Å². The van der Waals surface area contributed by atoms with E-state index < -0.39 is 0 Å². The molecule has 1 aliphatic carbocycles. The van der Waals surface area contributed by atoms with Gasteiger partial charge in [-0.05, 0) is 69.3 Å². The van der Waals surface area contributed by atoms with Crippen LogP contribution in [-0.2, 0) is 0 Å². The Balaban J connectivity index is 1.92. The molecule has 0 heterocycles. The second-order valence-electron chi connectivity index (χ2n) is 6.42. The van der Waals surface area contributed by atoms with Crippen molar-refractivity contribution in [3.8, 4) is 5.75 Å². The number of halogens is 1. The SMILES string of the molecule is Cc1ccc(F)c(OC2(CCNCC(C)C)CCC2)c1. The van der Waals surface area contributed by atoms with Crippen molar-refractivity contribution in [3.05, 3.63) is 29.6 Å². The van der Waals surface area contributed by atoms with Crippen molar-refractivity contribution in [2.45, 2.75) is 52.1 Å². The van der Waals surface area contributed by atoms with E-state index >= 15 is 0 Å². The lowest BCUT2D eigenvalue weighted by molar-refractivity contribution is -0.0172. The highest BCUT2D eigenvalue weighted by molar-refractivity contribution is 5.30. The molecule has 0 bridgehead atoms. The van der Waals surface area contributed by atoms with Crippen LogP contribution in [0.25, 0.3) is 0 Å². The molecule has 1 N–H and O–H groups in total. The van der Waals surface area contributed by atoms with Crippen molar-refractivity contribution < 1.29 is 9.13 Å². The van der Waals surface area contributed by atoms with Crippen LogP contribution in [-0.4, -0.2) is 18.7 Å². The summed E-state index contributed by atoms with van der Waals surface area (Å²) in [5, 5.41) is 3.45. The maximum atomic E-state index is 13.8. The minimum atomic E-state index is -0.253. The number of ether oxygens (including phenoxy) is 1. The largest absolute Gasteiger partial charge is 0.484 e. The summed E-state index contributed by atoms with van der Waals surface area (Å²) in [6.45, 7) is 8.32. The van der Waals surface area contributed by atoms with Crippen LogP contribution in [0.5, 0.6) is 5.75 Å². The van der Waals surface area contributed by atoms with Crippen LogP contribution in [0.3, 0.4) is 0 Å². The van der Waals surface area contributed by atoms with E-state index in [4.69, 9.17) is 4.74 Å². The third kappa shape index (κ3) is 3.95. The summed E-state index contributed by atoms with van der Waals surface area (Å²) >= 11 is 0. The Kier molecular flexibility index (Phi) is 5.03. The van der Waals surface area contributed by atoms with Gasteiger partial charge in [-0.3, -0.25) is 0 Å². The van der Waals surface area contributed by atoms with E-state index in [1.165, 1.54) is 12.5 Å². The van der Waals surface area contributed by atoms with E-state index in [2.05, 4.69) is 19.2 Å². The van der Waals surface area contributed by atoms with Crippen LogP contribution in [0.2, 0.25) is 0 Å². The minimum absolute atomic E-state index is 0.154. The highest BCUT2D eigenvalue weighted by Gasteiger charge is 2.39. The van der Waals surface area contributed by atoms with Crippen LogP contribution in [0.1, 0.15) is 45.1 Å². The Hall–Kier alpha value is -1.09. The Morgan fingerprint density at radius 1 is 1.35 bits per heavy atom. The van der Waals surface area contributed by atoms with Gasteiger partial charge in [-0.25, -0.2) is 4.39 Å². The van der Waals surface area contributed by atoms with Crippen LogP contribution in [0.4, 0.5) is 4.39 Å². The fourth-order valence-corrected chi connectivity index (χ4v) is 2.60. The predicted octanol–water partition coefficient (Wildman–Crippen LogP) is 4.07. The molecule has 2 rings (SSSR count). The Bertz CT molecular complexity index is 441. The molecule has 0 spiro atoms. The van der Waals surface area contributed by atoms with Crippen molar-refractivity contribution in [1.29, 1.82) is 0 Å². The second kappa shape index (κ2) is 6.57. The first-order chi connectivity index (χ1) is 9.51. The van der Waals surface area contributed by atoms with Gasteiger partial charge in [-0.15, -0.1) is 0 Å². The maximum Gasteiger partial charge on any atom is 0.165 e. The van der Waals surface area contributed by atoms with E-state index in [0.717, 1.165) is 37.9 Å². The van der Waals surface area contributed by atoms with E-state index in [-0.39, 0.29) is 11.4 Å². The lowest BCUT2D eigenvalue weighted by Gasteiger charge is -2.42. The molecule has 0 amide bonds. The van der Waals surface area contributed by atoms with Gasteiger partial charge in [0, 0.05) is 0 Å². The molecule has 0 saturated heterocycles. The first kappa shape index (κ1) is 15.3. The molecule has 0 aliphatic heterocycles. The average Bonchev–Trinajstić information content (AvgIpc) is 2.35. The van der Waals surface area contributed by atoms with Gasteiger partial charge >= 0.3 is 0 Å². The standard InChI is InChI=1S/C17H26FNO/c1-13(2)12-19-10-9-17(7-4-8-17)20-16-11-14(3)5-6-15(16)18/h5-6,11,13,19H,4,7-10,12H2,1-3H3. The molecule has 1 saturated carbocycles. The van der Waals surface area contributed by atoms with Gasteiger partial charge < -0.3 is 10.1 Å². The van der Waals surface area contributed by atoms with Crippen molar-refractivity contribution in [2.75, 3.05) is 13.1 Å². The van der Waals surface area contributed by atoms with Gasteiger partial charge in [0.25, 0.3) is 0 Å². The summed E-state index contributed by atoms with van der Waals surface area (Å²) in [5.74, 6) is 0.813. The number of rotatable bonds is 7. The fourth-order valence-electron chi connectivity index (χ4n) is 2.60. The Morgan fingerprint density at radius 2 is 2.10 bits per heavy atom. The maximum absolute atomic E-state index is 13.8.